The van der Waals surface area contributed by atoms with Crippen LogP contribution in [0.15, 0.2) is 24.3 Å². The summed E-state index contributed by atoms with van der Waals surface area (Å²) in [6.07, 6.45) is 5.81. The van der Waals surface area contributed by atoms with Crippen LogP contribution < -0.4 is 4.74 Å². The van der Waals surface area contributed by atoms with Gasteiger partial charge in [-0.15, -0.1) is 0 Å². The molecule has 1 aromatic carbocycles. The summed E-state index contributed by atoms with van der Waals surface area (Å²) in [6, 6.07) is 8.25. The first kappa shape index (κ1) is 21.0. The van der Waals surface area contributed by atoms with Crippen LogP contribution in [0.1, 0.15) is 78.4 Å². The quantitative estimate of drug-likeness (QED) is 0.443. The summed E-state index contributed by atoms with van der Waals surface area (Å²) in [5, 5.41) is 0. The van der Waals surface area contributed by atoms with Crippen LogP contribution in [-0.2, 0) is 9.47 Å². The van der Waals surface area contributed by atoms with Gasteiger partial charge in [-0.2, -0.15) is 0 Å². The highest BCUT2D eigenvalue weighted by molar-refractivity contribution is 5.29. The maximum absolute atomic E-state index is 6.01. The van der Waals surface area contributed by atoms with Crippen molar-refractivity contribution in [2.75, 3.05) is 19.8 Å². The standard InChI is InChI=1S/C21H36O3/c1-6-14-22-15-9-7-8-10-16-23-20-13-11-12-19(17-20)18(2)24-21(3,4)5/h11-13,17-18H,6-10,14-16H2,1-5H3. The molecule has 0 aliphatic rings. The van der Waals surface area contributed by atoms with Gasteiger partial charge in [0.05, 0.1) is 18.3 Å². The fourth-order valence-corrected chi connectivity index (χ4v) is 2.55. The summed E-state index contributed by atoms with van der Waals surface area (Å²) in [7, 11) is 0. The third-order valence-corrected chi connectivity index (χ3v) is 3.66. The van der Waals surface area contributed by atoms with Gasteiger partial charge in [0.1, 0.15) is 5.75 Å². The second-order valence-electron chi connectivity index (χ2n) is 7.32. The lowest BCUT2D eigenvalue weighted by Gasteiger charge is -2.25. The lowest BCUT2D eigenvalue weighted by Crippen LogP contribution is -2.21. The SMILES string of the molecule is CCCOCCCCCCOc1cccc(C(C)OC(C)(C)C)c1. The Morgan fingerprint density at radius 3 is 2.33 bits per heavy atom. The maximum atomic E-state index is 6.01. The molecule has 0 radical (unpaired) electrons. The van der Waals surface area contributed by atoms with Crippen LogP contribution in [0.5, 0.6) is 5.75 Å². The molecule has 0 N–H and O–H groups in total. The van der Waals surface area contributed by atoms with Crippen molar-refractivity contribution in [1.82, 2.24) is 0 Å². The fraction of sp³-hybridized carbons (Fsp3) is 0.714. The number of unbranched alkanes of at least 4 members (excludes halogenated alkanes) is 3. The molecule has 0 saturated carbocycles. The summed E-state index contributed by atoms with van der Waals surface area (Å²) < 4.78 is 17.4. The van der Waals surface area contributed by atoms with Crippen molar-refractivity contribution in [3.8, 4) is 5.75 Å². The van der Waals surface area contributed by atoms with E-state index in [2.05, 4.69) is 46.8 Å². The van der Waals surface area contributed by atoms with Gasteiger partial charge in [0, 0.05) is 13.2 Å². The Kier molecular flexibility index (Phi) is 10.0. The maximum Gasteiger partial charge on any atom is 0.119 e. The molecule has 0 spiro atoms. The zero-order valence-electron chi connectivity index (χ0n) is 16.3. The summed E-state index contributed by atoms with van der Waals surface area (Å²) in [6.45, 7) is 13.0. The van der Waals surface area contributed by atoms with Gasteiger partial charge in [0.15, 0.2) is 0 Å². The number of hydrogen-bond acceptors (Lipinski definition) is 3. The van der Waals surface area contributed by atoms with Gasteiger partial charge >= 0.3 is 0 Å². The number of rotatable bonds is 12. The van der Waals surface area contributed by atoms with E-state index in [4.69, 9.17) is 14.2 Å². The predicted molar refractivity (Wildman–Crippen MR) is 101 cm³/mol. The summed E-state index contributed by atoms with van der Waals surface area (Å²) >= 11 is 0. The molecule has 1 unspecified atom stereocenters. The van der Waals surface area contributed by atoms with Crippen molar-refractivity contribution in [2.24, 2.45) is 0 Å². The predicted octanol–water partition coefficient (Wildman–Crippen LogP) is 5.93. The molecule has 0 aromatic heterocycles. The average molecular weight is 337 g/mol. The molecule has 24 heavy (non-hydrogen) atoms. The molecule has 3 nitrogen and oxygen atoms in total. The summed E-state index contributed by atoms with van der Waals surface area (Å²) in [5.41, 5.74) is 1.02. The third-order valence-electron chi connectivity index (χ3n) is 3.66. The Hall–Kier alpha value is -1.06. The van der Waals surface area contributed by atoms with E-state index in [1.165, 1.54) is 12.8 Å². The third kappa shape index (κ3) is 9.94. The van der Waals surface area contributed by atoms with E-state index >= 15 is 0 Å². The second kappa shape index (κ2) is 11.5. The molecule has 0 aliphatic heterocycles. The summed E-state index contributed by atoms with van der Waals surface area (Å²) in [4.78, 5) is 0. The van der Waals surface area contributed by atoms with Crippen molar-refractivity contribution >= 4 is 0 Å². The molecule has 0 bridgehead atoms. The Bertz CT molecular complexity index is 437. The van der Waals surface area contributed by atoms with Crippen LogP contribution in [0.3, 0.4) is 0 Å². The molecular weight excluding hydrogens is 300 g/mol. The molecular formula is C21H36O3. The van der Waals surface area contributed by atoms with Gasteiger partial charge < -0.3 is 14.2 Å². The first-order valence-electron chi connectivity index (χ1n) is 9.40. The zero-order chi connectivity index (χ0) is 17.8. The van der Waals surface area contributed by atoms with E-state index in [-0.39, 0.29) is 11.7 Å². The van der Waals surface area contributed by atoms with E-state index in [0.717, 1.165) is 50.4 Å². The molecule has 1 rings (SSSR count). The molecule has 0 aliphatic carbocycles. The highest BCUT2D eigenvalue weighted by atomic mass is 16.5. The van der Waals surface area contributed by atoms with Gasteiger partial charge in [0.2, 0.25) is 0 Å². The average Bonchev–Trinajstić information content (AvgIpc) is 2.52. The van der Waals surface area contributed by atoms with Crippen molar-refractivity contribution in [1.29, 1.82) is 0 Å². The molecule has 3 heteroatoms. The van der Waals surface area contributed by atoms with E-state index in [9.17, 15) is 0 Å². The van der Waals surface area contributed by atoms with E-state index in [1.807, 2.05) is 12.1 Å². The van der Waals surface area contributed by atoms with Crippen LogP contribution in [0.25, 0.3) is 0 Å². The van der Waals surface area contributed by atoms with Crippen LogP contribution in [0.4, 0.5) is 0 Å². The van der Waals surface area contributed by atoms with Gasteiger partial charge in [-0.1, -0.05) is 25.5 Å². The minimum atomic E-state index is -0.142. The second-order valence-corrected chi connectivity index (χ2v) is 7.32. The monoisotopic (exact) mass is 336 g/mol. The van der Waals surface area contributed by atoms with Gasteiger partial charge in [0.25, 0.3) is 0 Å². The first-order valence-corrected chi connectivity index (χ1v) is 9.40. The lowest BCUT2D eigenvalue weighted by molar-refractivity contribution is -0.0530. The molecule has 0 saturated heterocycles. The van der Waals surface area contributed by atoms with Crippen molar-refractivity contribution in [3.05, 3.63) is 29.8 Å². The van der Waals surface area contributed by atoms with Crippen LogP contribution in [0, 0.1) is 0 Å². The Labute approximate surface area is 148 Å². The smallest absolute Gasteiger partial charge is 0.119 e. The first-order chi connectivity index (χ1) is 11.4. The molecule has 1 atom stereocenters. The number of benzene rings is 1. The van der Waals surface area contributed by atoms with Crippen LogP contribution >= 0.6 is 0 Å². The van der Waals surface area contributed by atoms with Crippen LogP contribution in [0.2, 0.25) is 0 Å². The lowest BCUT2D eigenvalue weighted by atomic mass is 10.1. The molecule has 1 aromatic rings. The van der Waals surface area contributed by atoms with Gasteiger partial charge in [-0.25, -0.2) is 0 Å². The molecule has 0 heterocycles. The van der Waals surface area contributed by atoms with E-state index in [0.29, 0.717) is 0 Å². The highest BCUT2D eigenvalue weighted by Gasteiger charge is 2.16. The Balaban J connectivity index is 2.23. The number of hydrogen-bond donors (Lipinski definition) is 0. The van der Waals surface area contributed by atoms with Crippen molar-refractivity contribution in [2.45, 2.75) is 78.4 Å². The van der Waals surface area contributed by atoms with E-state index in [1.54, 1.807) is 0 Å². The topological polar surface area (TPSA) is 27.7 Å². The highest BCUT2D eigenvalue weighted by Crippen LogP contribution is 2.26. The Morgan fingerprint density at radius 1 is 0.958 bits per heavy atom. The van der Waals surface area contributed by atoms with E-state index < -0.39 is 0 Å². The normalized spacial score (nSPS) is 13.0. The minimum Gasteiger partial charge on any atom is -0.494 e. The van der Waals surface area contributed by atoms with Crippen molar-refractivity contribution in [3.63, 3.8) is 0 Å². The molecule has 0 fully saturated rings. The fourth-order valence-electron chi connectivity index (χ4n) is 2.55. The Morgan fingerprint density at radius 2 is 1.67 bits per heavy atom. The van der Waals surface area contributed by atoms with Crippen LogP contribution in [-0.4, -0.2) is 25.4 Å². The molecule has 138 valence electrons. The zero-order valence-corrected chi connectivity index (χ0v) is 16.3. The number of ether oxygens (including phenoxy) is 3. The minimum absolute atomic E-state index is 0.0664. The van der Waals surface area contributed by atoms with Crippen molar-refractivity contribution < 1.29 is 14.2 Å². The van der Waals surface area contributed by atoms with Gasteiger partial charge in [-0.05, 0) is 71.1 Å². The molecule has 0 amide bonds. The largest absolute Gasteiger partial charge is 0.494 e. The summed E-state index contributed by atoms with van der Waals surface area (Å²) in [5.74, 6) is 0.933. The van der Waals surface area contributed by atoms with Gasteiger partial charge in [-0.3, -0.25) is 0 Å².